The summed E-state index contributed by atoms with van der Waals surface area (Å²) in [4.78, 5) is 14.2. The Kier molecular flexibility index (Phi) is 4.93. The number of rotatable bonds is 5. The van der Waals surface area contributed by atoms with Crippen molar-refractivity contribution in [2.75, 3.05) is 28.3 Å². The third kappa shape index (κ3) is 3.26. The van der Waals surface area contributed by atoms with E-state index in [0.29, 0.717) is 22.8 Å². The van der Waals surface area contributed by atoms with E-state index in [9.17, 15) is 4.79 Å². The van der Waals surface area contributed by atoms with Gasteiger partial charge < -0.3 is 14.4 Å². The van der Waals surface area contributed by atoms with E-state index in [-0.39, 0.29) is 5.91 Å². The van der Waals surface area contributed by atoms with Gasteiger partial charge in [-0.1, -0.05) is 18.2 Å². The molecule has 134 valence electrons. The fourth-order valence-electron chi connectivity index (χ4n) is 2.68. The van der Waals surface area contributed by atoms with Crippen molar-refractivity contribution < 1.29 is 14.3 Å². The molecule has 0 unspecified atom stereocenters. The quantitative estimate of drug-likeness (QED) is 0.708. The molecule has 0 saturated heterocycles. The molecule has 26 heavy (non-hydrogen) atoms. The number of ether oxygens (including phenoxy) is 2. The summed E-state index contributed by atoms with van der Waals surface area (Å²) in [5, 5.41) is 4.66. The molecule has 6 heteroatoms. The Balaban J connectivity index is 2.16. The third-order valence-electron chi connectivity index (χ3n) is 4.03. The molecule has 0 fully saturated rings. The predicted octanol–water partition coefficient (Wildman–Crippen LogP) is 3.26. The molecule has 1 amide bonds. The zero-order valence-electron chi connectivity index (χ0n) is 15.3. The van der Waals surface area contributed by atoms with Gasteiger partial charge in [-0.3, -0.25) is 4.79 Å². The maximum Gasteiger partial charge on any atom is 0.257 e. The van der Waals surface area contributed by atoms with Crippen LogP contribution in [0.3, 0.4) is 0 Å². The highest BCUT2D eigenvalue weighted by Crippen LogP contribution is 2.33. The summed E-state index contributed by atoms with van der Waals surface area (Å²) >= 11 is 0. The molecular weight excluding hydrogens is 330 g/mol. The number of carbonyl (C=O) groups is 1. The van der Waals surface area contributed by atoms with Gasteiger partial charge in [-0.05, 0) is 30.3 Å². The largest absolute Gasteiger partial charge is 0.493 e. The smallest absolute Gasteiger partial charge is 0.257 e. The van der Waals surface area contributed by atoms with Gasteiger partial charge in [0.15, 0.2) is 11.5 Å². The number of hydrogen-bond acceptors (Lipinski definition) is 4. The second-order valence-corrected chi connectivity index (χ2v) is 5.94. The lowest BCUT2D eigenvalue weighted by molar-refractivity contribution is 0.0828. The van der Waals surface area contributed by atoms with Crippen LogP contribution in [-0.2, 0) is 0 Å². The van der Waals surface area contributed by atoms with Crippen molar-refractivity contribution in [2.24, 2.45) is 0 Å². The van der Waals surface area contributed by atoms with Crippen LogP contribution in [0.15, 0.2) is 54.7 Å². The Labute approximate surface area is 152 Å². The van der Waals surface area contributed by atoms with Gasteiger partial charge in [-0.25, -0.2) is 4.68 Å². The lowest BCUT2D eigenvalue weighted by Crippen LogP contribution is -2.21. The highest BCUT2D eigenvalue weighted by atomic mass is 16.5. The zero-order valence-corrected chi connectivity index (χ0v) is 15.3. The number of benzene rings is 2. The average molecular weight is 351 g/mol. The fraction of sp³-hybridized carbons (Fsp3) is 0.200. The molecule has 0 saturated carbocycles. The minimum atomic E-state index is -0.114. The van der Waals surface area contributed by atoms with Gasteiger partial charge in [0, 0.05) is 25.9 Å². The number of carbonyl (C=O) groups excluding carboxylic acids is 1. The molecule has 3 rings (SSSR count). The number of methoxy groups -OCH3 is 2. The van der Waals surface area contributed by atoms with Gasteiger partial charge in [0.05, 0.1) is 25.5 Å². The number of amides is 1. The molecule has 0 radical (unpaired) electrons. The molecule has 0 N–H and O–H groups in total. The molecule has 6 nitrogen and oxygen atoms in total. The number of hydrogen-bond donors (Lipinski definition) is 0. The Hall–Kier alpha value is -3.28. The highest BCUT2D eigenvalue weighted by molar-refractivity contribution is 5.99. The topological polar surface area (TPSA) is 56.6 Å². The van der Waals surface area contributed by atoms with Crippen LogP contribution in [0.4, 0.5) is 0 Å². The van der Waals surface area contributed by atoms with E-state index in [0.717, 1.165) is 11.3 Å². The molecule has 0 aliphatic heterocycles. The molecule has 3 aromatic rings. The van der Waals surface area contributed by atoms with Crippen LogP contribution < -0.4 is 9.47 Å². The van der Waals surface area contributed by atoms with Crippen molar-refractivity contribution in [3.05, 3.63) is 60.3 Å². The second-order valence-electron chi connectivity index (χ2n) is 5.94. The van der Waals surface area contributed by atoms with E-state index in [4.69, 9.17) is 9.47 Å². The molecule has 1 aromatic heterocycles. The van der Waals surface area contributed by atoms with Gasteiger partial charge in [0.25, 0.3) is 5.91 Å². The number of nitrogens with zero attached hydrogens (tertiary/aromatic N) is 3. The number of para-hydroxylation sites is 1. The maximum absolute atomic E-state index is 12.7. The second kappa shape index (κ2) is 7.31. The Morgan fingerprint density at radius 2 is 1.69 bits per heavy atom. The zero-order chi connectivity index (χ0) is 18.7. The lowest BCUT2D eigenvalue weighted by Gasteiger charge is -2.11. The van der Waals surface area contributed by atoms with Crippen LogP contribution >= 0.6 is 0 Å². The van der Waals surface area contributed by atoms with E-state index in [1.807, 2.05) is 42.5 Å². The predicted molar refractivity (Wildman–Crippen MR) is 100 cm³/mol. The Bertz CT molecular complexity index is 917. The molecule has 0 bridgehead atoms. The van der Waals surface area contributed by atoms with Gasteiger partial charge in [-0.15, -0.1) is 0 Å². The van der Waals surface area contributed by atoms with Crippen molar-refractivity contribution in [1.29, 1.82) is 0 Å². The first-order valence-corrected chi connectivity index (χ1v) is 8.14. The lowest BCUT2D eigenvalue weighted by atomic mass is 10.1. The van der Waals surface area contributed by atoms with Crippen molar-refractivity contribution in [1.82, 2.24) is 14.7 Å². The molecule has 1 heterocycles. The molecule has 0 aliphatic rings. The van der Waals surface area contributed by atoms with E-state index in [1.165, 1.54) is 4.90 Å². The normalized spacial score (nSPS) is 10.5. The minimum absolute atomic E-state index is 0.114. The SMILES string of the molecule is COc1ccc(-c2nn(-c3ccccc3)cc2C(=O)N(C)C)cc1OC. The first-order valence-electron chi connectivity index (χ1n) is 8.14. The Morgan fingerprint density at radius 3 is 2.31 bits per heavy atom. The minimum Gasteiger partial charge on any atom is -0.493 e. The summed E-state index contributed by atoms with van der Waals surface area (Å²) in [6.07, 6.45) is 1.75. The van der Waals surface area contributed by atoms with Crippen LogP contribution in [-0.4, -0.2) is 48.9 Å². The summed E-state index contributed by atoms with van der Waals surface area (Å²) in [5.74, 6) is 1.10. The van der Waals surface area contributed by atoms with Crippen LogP contribution in [0.5, 0.6) is 11.5 Å². The molecule has 0 aliphatic carbocycles. The van der Waals surface area contributed by atoms with Crippen molar-refractivity contribution in [2.45, 2.75) is 0 Å². The summed E-state index contributed by atoms with van der Waals surface area (Å²) in [7, 11) is 6.61. The van der Waals surface area contributed by atoms with Gasteiger partial charge in [0.2, 0.25) is 0 Å². The number of aromatic nitrogens is 2. The van der Waals surface area contributed by atoms with E-state index < -0.39 is 0 Å². The van der Waals surface area contributed by atoms with Crippen molar-refractivity contribution in [3.8, 4) is 28.4 Å². The summed E-state index contributed by atoms with van der Waals surface area (Å²) in [6.45, 7) is 0. The molecule has 0 atom stereocenters. The molecule has 0 spiro atoms. The molecular formula is C20H21N3O3. The maximum atomic E-state index is 12.7. The average Bonchev–Trinajstić information content (AvgIpc) is 3.12. The fourth-order valence-corrected chi connectivity index (χ4v) is 2.68. The highest BCUT2D eigenvalue weighted by Gasteiger charge is 2.21. The summed E-state index contributed by atoms with van der Waals surface area (Å²) < 4.78 is 12.4. The summed E-state index contributed by atoms with van der Waals surface area (Å²) in [5.41, 5.74) is 2.77. The van der Waals surface area contributed by atoms with E-state index in [1.54, 1.807) is 45.3 Å². The van der Waals surface area contributed by atoms with Gasteiger partial charge >= 0.3 is 0 Å². The van der Waals surface area contributed by atoms with Crippen molar-refractivity contribution in [3.63, 3.8) is 0 Å². The van der Waals surface area contributed by atoms with Crippen LogP contribution in [0.1, 0.15) is 10.4 Å². The standard InChI is InChI=1S/C20H21N3O3/c1-22(2)20(24)16-13-23(15-8-6-5-7-9-15)21-19(16)14-10-11-17(25-3)18(12-14)26-4/h5-13H,1-4H3. The first kappa shape index (κ1) is 17.5. The summed E-state index contributed by atoms with van der Waals surface area (Å²) in [6, 6.07) is 15.2. The third-order valence-corrected chi connectivity index (χ3v) is 4.03. The first-order chi connectivity index (χ1) is 12.5. The molecule has 2 aromatic carbocycles. The van der Waals surface area contributed by atoms with Gasteiger partial charge in [0.1, 0.15) is 5.69 Å². The van der Waals surface area contributed by atoms with Crippen LogP contribution in [0, 0.1) is 0 Å². The van der Waals surface area contributed by atoms with Crippen LogP contribution in [0.2, 0.25) is 0 Å². The van der Waals surface area contributed by atoms with E-state index in [2.05, 4.69) is 5.10 Å². The Morgan fingerprint density at radius 1 is 1.00 bits per heavy atom. The van der Waals surface area contributed by atoms with Gasteiger partial charge in [-0.2, -0.15) is 5.10 Å². The van der Waals surface area contributed by atoms with Crippen molar-refractivity contribution >= 4 is 5.91 Å². The van der Waals surface area contributed by atoms with E-state index >= 15 is 0 Å². The van der Waals surface area contributed by atoms with Crippen LogP contribution in [0.25, 0.3) is 16.9 Å². The monoisotopic (exact) mass is 351 g/mol.